The maximum absolute atomic E-state index is 12.9. The Morgan fingerprint density at radius 2 is 2.04 bits per heavy atom. The molecule has 124 valence electrons. The monoisotopic (exact) mass is 338 g/mol. The lowest BCUT2D eigenvalue weighted by Gasteiger charge is -2.35. The lowest BCUT2D eigenvalue weighted by atomic mass is 10.1. The molecule has 1 fully saturated rings. The normalized spacial score (nSPS) is 25.6. The topological polar surface area (TPSA) is 64.4 Å². The lowest BCUT2D eigenvalue weighted by Crippen LogP contribution is -2.45. The van der Waals surface area contributed by atoms with Crippen LogP contribution >= 0.6 is 0 Å². The third-order valence-corrected chi connectivity index (χ3v) is 5.71. The van der Waals surface area contributed by atoms with Crippen molar-refractivity contribution < 1.29 is 17.3 Å². The highest BCUT2D eigenvalue weighted by molar-refractivity contribution is 7.89. The Bertz CT molecular complexity index is 878. The molecular formula is C16H21N3O3S. The summed E-state index contributed by atoms with van der Waals surface area (Å²) < 4.78 is 56.2. The van der Waals surface area contributed by atoms with Gasteiger partial charge in [-0.05, 0) is 26.0 Å². The van der Waals surface area contributed by atoms with E-state index in [4.69, 9.17) is 8.85 Å². The molecule has 0 bridgehead atoms. The van der Waals surface area contributed by atoms with E-state index in [0.717, 1.165) is 10.2 Å². The molecule has 2 heterocycles. The number of aromatic nitrogens is 2. The van der Waals surface area contributed by atoms with Gasteiger partial charge in [0.15, 0.2) is 0 Å². The van der Waals surface area contributed by atoms with Gasteiger partial charge in [-0.25, -0.2) is 8.42 Å². The Hall–Kier alpha value is -1.70. The predicted molar refractivity (Wildman–Crippen MR) is 86.4 cm³/mol. The summed E-state index contributed by atoms with van der Waals surface area (Å²) in [5, 5.41) is 3.85. The summed E-state index contributed by atoms with van der Waals surface area (Å²) in [5.41, 5.74) is 1.52. The van der Waals surface area contributed by atoms with Crippen molar-refractivity contribution in [2.75, 3.05) is 13.1 Å². The van der Waals surface area contributed by atoms with Gasteiger partial charge < -0.3 is 4.74 Å². The van der Waals surface area contributed by atoms with Crippen molar-refractivity contribution in [3.8, 4) is 0 Å². The third kappa shape index (κ3) is 3.31. The Labute approximate surface area is 140 Å². The van der Waals surface area contributed by atoms with Crippen molar-refractivity contribution in [1.29, 1.82) is 0 Å². The summed E-state index contributed by atoms with van der Waals surface area (Å²) in [6.07, 6.45) is 1.89. The molecule has 2 atom stereocenters. The number of rotatable bonds is 3. The number of hydrogen-bond donors (Lipinski definition) is 0. The molecule has 1 saturated heterocycles. The van der Waals surface area contributed by atoms with Crippen LogP contribution in [-0.2, 0) is 21.7 Å². The predicted octanol–water partition coefficient (Wildman–Crippen LogP) is 1.88. The third-order valence-electron chi connectivity index (χ3n) is 3.86. The fraction of sp³-hybridized carbons (Fsp3) is 0.438. The van der Waals surface area contributed by atoms with Crippen LogP contribution in [0.5, 0.6) is 0 Å². The second-order valence-corrected chi connectivity index (χ2v) is 7.73. The van der Waals surface area contributed by atoms with Gasteiger partial charge in [-0.15, -0.1) is 0 Å². The zero-order valence-electron chi connectivity index (χ0n) is 16.0. The molecule has 2 aromatic rings. The van der Waals surface area contributed by atoms with E-state index in [0.29, 0.717) is 5.56 Å². The van der Waals surface area contributed by atoms with Gasteiger partial charge in [0.1, 0.15) is 0 Å². The minimum absolute atomic E-state index is 0.104. The van der Waals surface area contributed by atoms with Crippen LogP contribution in [0.3, 0.4) is 0 Å². The van der Waals surface area contributed by atoms with Crippen LogP contribution in [0.15, 0.2) is 41.6 Å². The number of nitrogens with zero attached hydrogens (tertiary/aromatic N) is 3. The molecule has 0 N–H and O–H groups in total. The van der Waals surface area contributed by atoms with Crippen molar-refractivity contribution in [1.82, 2.24) is 14.1 Å². The van der Waals surface area contributed by atoms with Crippen LogP contribution in [0.2, 0.25) is 0 Å². The molecule has 3 rings (SSSR count). The molecule has 0 spiro atoms. The van der Waals surface area contributed by atoms with Gasteiger partial charge in [-0.3, -0.25) is 4.68 Å². The van der Waals surface area contributed by atoms with Gasteiger partial charge in [0.05, 0.1) is 23.3 Å². The van der Waals surface area contributed by atoms with E-state index in [1.807, 2.05) is 6.92 Å². The van der Waals surface area contributed by atoms with E-state index >= 15 is 0 Å². The maximum Gasteiger partial charge on any atom is 0.243 e. The molecule has 1 unspecified atom stereocenters. The van der Waals surface area contributed by atoms with Crippen LogP contribution in [0.1, 0.15) is 28.3 Å². The molecule has 7 heteroatoms. The van der Waals surface area contributed by atoms with E-state index in [-0.39, 0.29) is 24.1 Å². The molecule has 1 aromatic carbocycles. The second-order valence-electron chi connectivity index (χ2n) is 5.79. The van der Waals surface area contributed by atoms with E-state index in [2.05, 4.69) is 5.10 Å². The average molecular weight is 338 g/mol. The first-order valence-electron chi connectivity index (χ1n) is 8.85. The maximum atomic E-state index is 12.9. The minimum atomic E-state index is -3.66. The van der Waals surface area contributed by atoms with Gasteiger partial charge >= 0.3 is 0 Å². The molecule has 1 aliphatic rings. The average Bonchev–Trinajstić information content (AvgIpc) is 3.05. The first-order valence-corrected chi connectivity index (χ1v) is 8.79. The van der Waals surface area contributed by atoms with Crippen molar-refractivity contribution >= 4 is 10.0 Å². The first-order chi connectivity index (χ1) is 12.1. The lowest BCUT2D eigenvalue weighted by molar-refractivity contribution is -0.0557. The minimum Gasteiger partial charge on any atom is -0.368 e. The molecular weight excluding hydrogens is 314 g/mol. The molecule has 1 aliphatic heterocycles. The van der Waals surface area contributed by atoms with Crippen LogP contribution in [0, 0.1) is 6.92 Å². The molecule has 23 heavy (non-hydrogen) atoms. The highest BCUT2D eigenvalue weighted by Gasteiger charge is 2.34. The smallest absolute Gasteiger partial charge is 0.243 e. The van der Waals surface area contributed by atoms with E-state index in [1.165, 1.54) is 16.7 Å². The van der Waals surface area contributed by atoms with Crippen LogP contribution in [0.4, 0.5) is 0 Å². The summed E-state index contributed by atoms with van der Waals surface area (Å²) in [6.45, 7) is 1.64. The van der Waals surface area contributed by atoms with Crippen molar-refractivity contribution in [3.05, 3.63) is 47.8 Å². The van der Waals surface area contributed by atoms with E-state index < -0.39 is 23.1 Å². The fourth-order valence-electron chi connectivity index (χ4n) is 2.66. The zero-order chi connectivity index (χ0) is 19.1. The summed E-state index contributed by atoms with van der Waals surface area (Å²) in [4.78, 5) is 0.231. The molecule has 1 aromatic heterocycles. The van der Waals surface area contributed by atoms with Crippen LogP contribution in [-0.4, -0.2) is 41.7 Å². The number of morpholine rings is 1. The van der Waals surface area contributed by atoms with Gasteiger partial charge in [0, 0.05) is 35.9 Å². The number of benzene rings is 1. The van der Waals surface area contributed by atoms with Gasteiger partial charge in [0.2, 0.25) is 10.0 Å². The van der Waals surface area contributed by atoms with Crippen molar-refractivity contribution in [3.63, 3.8) is 0 Å². The van der Waals surface area contributed by atoms with Crippen LogP contribution in [0.25, 0.3) is 0 Å². The largest absolute Gasteiger partial charge is 0.368 e. The SMILES string of the molecule is [2H]C([2H])([2H])n1cc(C2CN(S(=O)(=O)c3ccc(C)cc3)C[C@@H](C)O2)cn1. The summed E-state index contributed by atoms with van der Waals surface area (Å²) in [6, 6.07) is 6.70. The standard InChI is InChI=1S/C16H21N3O3S/c1-12-4-6-15(7-5-12)23(20,21)19-9-13(2)22-16(11-19)14-8-17-18(3)10-14/h4-8,10,13,16H,9,11H2,1-3H3/t13-,16?/m1/s1/i3D3. The Morgan fingerprint density at radius 1 is 1.30 bits per heavy atom. The fourth-order valence-corrected chi connectivity index (χ4v) is 4.17. The zero-order valence-corrected chi connectivity index (χ0v) is 13.8. The second kappa shape index (κ2) is 6.07. The number of ether oxygens (including phenoxy) is 1. The summed E-state index contributed by atoms with van der Waals surface area (Å²) >= 11 is 0. The van der Waals surface area contributed by atoms with Crippen molar-refractivity contribution in [2.45, 2.75) is 31.0 Å². The highest BCUT2D eigenvalue weighted by Crippen LogP contribution is 2.28. The number of hydrogen-bond acceptors (Lipinski definition) is 4. The highest BCUT2D eigenvalue weighted by atomic mass is 32.2. The Morgan fingerprint density at radius 3 is 2.70 bits per heavy atom. The van der Waals surface area contributed by atoms with Gasteiger partial charge in [0.25, 0.3) is 0 Å². The molecule has 0 saturated carbocycles. The first kappa shape index (κ1) is 12.7. The van der Waals surface area contributed by atoms with Crippen LogP contribution < -0.4 is 0 Å². The molecule has 0 amide bonds. The number of aryl methyl sites for hydroxylation is 2. The Kier molecular flexibility index (Phi) is 3.35. The van der Waals surface area contributed by atoms with Gasteiger partial charge in [-0.2, -0.15) is 9.40 Å². The van der Waals surface area contributed by atoms with E-state index in [9.17, 15) is 8.42 Å². The number of sulfonamides is 1. The molecule has 6 nitrogen and oxygen atoms in total. The molecule has 0 aliphatic carbocycles. The van der Waals surface area contributed by atoms with Gasteiger partial charge in [-0.1, -0.05) is 17.7 Å². The quantitative estimate of drug-likeness (QED) is 0.857. The molecule has 0 radical (unpaired) electrons. The Balaban J connectivity index is 1.86. The summed E-state index contributed by atoms with van der Waals surface area (Å²) in [7, 11) is -3.66. The van der Waals surface area contributed by atoms with E-state index in [1.54, 1.807) is 31.2 Å². The van der Waals surface area contributed by atoms with Crippen molar-refractivity contribution in [2.24, 2.45) is 6.98 Å². The summed E-state index contributed by atoms with van der Waals surface area (Å²) in [5.74, 6) is 0.